The van der Waals surface area contributed by atoms with Crippen LogP contribution in [0.4, 0.5) is 11.4 Å². The second-order valence-corrected chi connectivity index (χ2v) is 5.61. The number of hydrogen-bond acceptors (Lipinski definition) is 3. The van der Waals surface area contributed by atoms with E-state index in [0.29, 0.717) is 12.1 Å². The molecule has 1 saturated heterocycles. The summed E-state index contributed by atoms with van der Waals surface area (Å²) in [6.07, 6.45) is 2.35. The molecular weight excluding hydrogens is 245 g/mol. The van der Waals surface area contributed by atoms with Crippen molar-refractivity contribution in [1.82, 2.24) is 4.81 Å². The Morgan fingerprint density at radius 2 is 1.10 bits per heavy atom. The Morgan fingerprint density at radius 3 is 1.45 bits per heavy atom. The number of nitrogens with two attached hydrogens (primary N) is 2. The first kappa shape index (κ1) is 13.1. The van der Waals surface area contributed by atoms with Crippen LogP contribution in [0.3, 0.4) is 0 Å². The molecule has 2 atom stereocenters. The average Bonchev–Trinajstić information content (AvgIpc) is 2.83. The molecule has 3 nitrogen and oxygen atoms in total. The van der Waals surface area contributed by atoms with Crippen LogP contribution in [0, 0.1) is 0 Å². The van der Waals surface area contributed by atoms with Gasteiger partial charge in [-0.25, -0.2) is 0 Å². The third-order valence-electron chi connectivity index (χ3n) is 4.34. The molecule has 1 aliphatic heterocycles. The fraction of sp³-hybridized carbons (Fsp3) is 0.250. The number of rotatable bonds is 2. The van der Waals surface area contributed by atoms with Crippen LogP contribution in [0.15, 0.2) is 48.5 Å². The number of nitrogens with zero attached hydrogens (tertiary/aromatic N) is 1. The second kappa shape index (κ2) is 5.21. The largest absolute Gasteiger partial charge is 0.399 e. The Morgan fingerprint density at radius 1 is 0.750 bits per heavy atom. The highest BCUT2D eigenvalue weighted by Gasteiger charge is 2.31. The standard InChI is InChI=1S/C16H20BN3/c17-20-15(11-1-5-13(18)6-2-11)9-10-16(20)12-3-7-14(19)8-4-12/h1-8,15-16H,9-10,17-19H2. The summed E-state index contributed by atoms with van der Waals surface area (Å²) in [5, 5.41) is 0. The summed E-state index contributed by atoms with van der Waals surface area (Å²) in [4.78, 5) is 2.46. The Kier molecular flexibility index (Phi) is 3.41. The SMILES string of the molecule is BN1C(c2ccc(N)cc2)CCC1c1ccc(N)cc1. The third-order valence-corrected chi connectivity index (χ3v) is 4.34. The van der Waals surface area contributed by atoms with E-state index in [9.17, 15) is 0 Å². The molecular formula is C16H20BN3. The average molecular weight is 265 g/mol. The van der Waals surface area contributed by atoms with Gasteiger partial charge in [0.2, 0.25) is 0 Å². The molecule has 3 rings (SSSR count). The molecule has 0 radical (unpaired) electrons. The van der Waals surface area contributed by atoms with Gasteiger partial charge in [0.1, 0.15) is 0 Å². The zero-order valence-corrected chi connectivity index (χ0v) is 11.8. The van der Waals surface area contributed by atoms with E-state index < -0.39 is 0 Å². The van der Waals surface area contributed by atoms with Crippen LogP contribution >= 0.6 is 0 Å². The summed E-state index contributed by atoms with van der Waals surface area (Å²) in [6, 6.07) is 17.4. The molecule has 2 aromatic carbocycles. The van der Waals surface area contributed by atoms with Gasteiger partial charge in [0, 0.05) is 23.5 Å². The van der Waals surface area contributed by atoms with Crippen LogP contribution < -0.4 is 11.5 Å². The van der Waals surface area contributed by atoms with Crippen molar-refractivity contribution in [2.24, 2.45) is 0 Å². The van der Waals surface area contributed by atoms with Gasteiger partial charge < -0.3 is 16.3 Å². The van der Waals surface area contributed by atoms with Gasteiger partial charge in [0.25, 0.3) is 0 Å². The minimum absolute atomic E-state index is 0.471. The molecule has 0 aromatic heterocycles. The predicted octanol–water partition coefficient (Wildman–Crippen LogP) is 2.28. The van der Waals surface area contributed by atoms with Gasteiger partial charge in [-0.3, -0.25) is 0 Å². The van der Waals surface area contributed by atoms with Crippen molar-refractivity contribution in [2.45, 2.75) is 24.9 Å². The number of anilines is 2. The predicted molar refractivity (Wildman–Crippen MR) is 86.8 cm³/mol. The molecule has 2 unspecified atom stereocenters. The molecule has 1 fully saturated rings. The Balaban J connectivity index is 1.81. The van der Waals surface area contributed by atoms with Gasteiger partial charge >= 0.3 is 0 Å². The lowest BCUT2D eigenvalue weighted by Crippen LogP contribution is -2.23. The quantitative estimate of drug-likeness (QED) is 0.647. The Hall–Kier alpha value is -1.94. The molecule has 20 heavy (non-hydrogen) atoms. The highest BCUT2D eigenvalue weighted by Crippen LogP contribution is 2.42. The van der Waals surface area contributed by atoms with Crippen LogP contribution in [-0.2, 0) is 0 Å². The maximum atomic E-state index is 5.77. The molecule has 102 valence electrons. The van der Waals surface area contributed by atoms with E-state index in [-0.39, 0.29) is 0 Å². The summed E-state index contributed by atoms with van der Waals surface area (Å²) in [5.74, 6) is 0. The number of hydrogen-bond donors (Lipinski definition) is 2. The fourth-order valence-electron chi connectivity index (χ4n) is 3.18. The van der Waals surface area contributed by atoms with Crippen LogP contribution in [0.25, 0.3) is 0 Å². The third kappa shape index (κ3) is 2.39. The van der Waals surface area contributed by atoms with E-state index in [0.717, 1.165) is 11.4 Å². The highest BCUT2D eigenvalue weighted by molar-refractivity contribution is 6.05. The number of benzene rings is 2. The summed E-state index contributed by atoms with van der Waals surface area (Å²) < 4.78 is 0. The summed E-state index contributed by atoms with van der Waals surface area (Å²) in [6.45, 7) is 0. The molecule has 0 bridgehead atoms. The number of nitrogen functional groups attached to an aromatic ring is 2. The Bertz CT molecular complexity index is 526. The van der Waals surface area contributed by atoms with Crippen molar-refractivity contribution >= 4 is 19.4 Å². The van der Waals surface area contributed by atoms with Crippen molar-refractivity contribution in [3.63, 3.8) is 0 Å². The van der Waals surface area contributed by atoms with E-state index in [1.54, 1.807) is 0 Å². The van der Waals surface area contributed by atoms with Crippen LogP contribution in [0.2, 0.25) is 0 Å². The van der Waals surface area contributed by atoms with Crippen molar-refractivity contribution in [2.75, 3.05) is 11.5 Å². The van der Waals surface area contributed by atoms with Gasteiger partial charge in [0.05, 0.1) is 0 Å². The van der Waals surface area contributed by atoms with Crippen molar-refractivity contribution < 1.29 is 0 Å². The maximum absolute atomic E-state index is 5.77. The first-order valence-corrected chi connectivity index (χ1v) is 7.08. The summed E-state index contributed by atoms with van der Waals surface area (Å²) in [5.41, 5.74) is 15.9. The lowest BCUT2D eigenvalue weighted by molar-refractivity contribution is 0.354. The summed E-state index contributed by atoms with van der Waals surface area (Å²) >= 11 is 0. The van der Waals surface area contributed by atoms with E-state index in [1.807, 2.05) is 24.3 Å². The highest BCUT2D eigenvalue weighted by atomic mass is 15.1. The molecule has 4 heteroatoms. The first-order valence-electron chi connectivity index (χ1n) is 7.08. The van der Waals surface area contributed by atoms with Crippen LogP contribution in [0.5, 0.6) is 0 Å². The molecule has 0 saturated carbocycles. The van der Waals surface area contributed by atoms with Gasteiger partial charge in [0.15, 0.2) is 7.98 Å². The fourth-order valence-corrected chi connectivity index (χ4v) is 3.18. The molecule has 1 aliphatic rings. The molecule has 0 amide bonds. The zero-order valence-electron chi connectivity index (χ0n) is 11.8. The van der Waals surface area contributed by atoms with Crippen molar-refractivity contribution in [3.8, 4) is 0 Å². The zero-order chi connectivity index (χ0) is 14.1. The smallest absolute Gasteiger partial charge is 0.186 e. The lowest BCUT2D eigenvalue weighted by atomic mass is 10.0. The van der Waals surface area contributed by atoms with E-state index in [2.05, 4.69) is 37.1 Å². The minimum Gasteiger partial charge on any atom is -0.399 e. The van der Waals surface area contributed by atoms with Gasteiger partial charge in [-0.05, 0) is 48.2 Å². The van der Waals surface area contributed by atoms with E-state index in [4.69, 9.17) is 11.5 Å². The molecule has 0 spiro atoms. The van der Waals surface area contributed by atoms with Crippen LogP contribution in [-0.4, -0.2) is 12.8 Å². The molecule has 0 aliphatic carbocycles. The van der Waals surface area contributed by atoms with Gasteiger partial charge in [-0.2, -0.15) is 0 Å². The monoisotopic (exact) mass is 265 g/mol. The second-order valence-electron chi connectivity index (χ2n) is 5.61. The van der Waals surface area contributed by atoms with Gasteiger partial charge in [-0.1, -0.05) is 24.3 Å². The molecule has 4 N–H and O–H groups in total. The van der Waals surface area contributed by atoms with E-state index in [1.165, 1.54) is 24.0 Å². The van der Waals surface area contributed by atoms with Crippen LogP contribution in [0.1, 0.15) is 36.1 Å². The van der Waals surface area contributed by atoms with Crippen molar-refractivity contribution in [3.05, 3.63) is 59.7 Å². The van der Waals surface area contributed by atoms with Crippen molar-refractivity contribution in [1.29, 1.82) is 0 Å². The van der Waals surface area contributed by atoms with E-state index >= 15 is 0 Å². The topological polar surface area (TPSA) is 55.3 Å². The summed E-state index contributed by atoms with van der Waals surface area (Å²) in [7, 11) is 2.20. The maximum Gasteiger partial charge on any atom is 0.186 e. The van der Waals surface area contributed by atoms with Gasteiger partial charge in [-0.15, -0.1) is 0 Å². The Labute approximate surface area is 121 Å². The lowest BCUT2D eigenvalue weighted by Gasteiger charge is -2.27. The molecule has 2 aromatic rings. The molecule has 1 heterocycles. The minimum atomic E-state index is 0.471. The first-order chi connectivity index (χ1) is 9.65. The normalized spacial score (nSPS) is 23.0.